The van der Waals surface area contributed by atoms with E-state index in [0.29, 0.717) is 5.69 Å². The van der Waals surface area contributed by atoms with E-state index in [-0.39, 0.29) is 29.8 Å². The van der Waals surface area contributed by atoms with Gasteiger partial charge in [-0.3, -0.25) is 13.9 Å². The third kappa shape index (κ3) is 8.14. The highest BCUT2D eigenvalue weighted by Gasteiger charge is 2.35. The number of benzene rings is 4. The van der Waals surface area contributed by atoms with E-state index < -0.39 is 28.5 Å². The van der Waals surface area contributed by atoms with Crippen LogP contribution in [0.5, 0.6) is 0 Å². The molecule has 4 aromatic carbocycles. The van der Waals surface area contributed by atoms with Gasteiger partial charge in [0.05, 0.1) is 10.6 Å². The summed E-state index contributed by atoms with van der Waals surface area (Å²) in [7, 11) is -4.14. The predicted octanol–water partition coefficient (Wildman–Crippen LogP) is 5.97. The topological polar surface area (TPSA) is 86.8 Å². The molecule has 0 aliphatic heterocycles. The fourth-order valence-electron chi connectivity index (χ4n) is 5.05. The summed E-state index contributed by atoms with van der Waals surface area (Å²) in [5, 5.41) is 2.99. The Hall–Kier alpha value is -4.43. The summed E-state index contributed by atoms with van der Waals surface area (Å²) in [5.41, 5.74) is 4.89. The molecule has 0 spiro atoms. The average Bonchev–Trinajstić information content (AvgIpc) is 2.98. The van der Waals surface area contributed by atoms with Gasteiger partial charge in [0.1, 0.15) is 12.6 Å². The van der Waals surface area contributed by atoms with Crippen LogP contribution >= 0.6 is 0 Å². The van der Waals surface area contributed by atoms with Gasteiger partial charge in [0, 0.05) is 19.0 Å². The highest BCUT2D eigenvalue weighted by molar-refractivity contribution is 7.92. The third-order valence-corrected chi connectivity index (χ3v) is 9.27. The Bertz CT molecular complexity index is 1690. The molecule has 1 atom stereocenters. The third-order valence-electron chi connectivity index (χ3n) is 7.48. The van der Waals surface area contributed by atoms with Crippen LogP contribution in [0.1, 0.15) is 41.7 Å². The molecule has 4 aromatic rings. The molecule has 0 aliphatic rings. The van der Waals surface area contributed by atoms with Crippen molar-refractivity contribution in [2.45, 2.75) is 64.6 Å². The lowest BCUT2D eigenvalue weighted by atomic mass is 10.0. The van der Waals surface area contributed by atoms with Crippen LogP contribution in [0.15, 0.2) is 108 Å². The van der Waals surface area contributed by atoms with Crippen molar-refractivity contribution in [2.75, 3.05) is 10.8 Å². The van der Waals surface area contributed by atoms with Gasteiger partial charge < -0.3 is 10.2 Å². The van der Waals surface area contributed by atoms with Crippen molar-refractivity contribution in [1.29, 1.82) is 0 Å². The van der Waals surface area contributed by atoms with Crippen LogP contribution in [0.25, 0.3) is 0 Å². The molecule has 7 nitrogen and oxygen atoms in total. The SMILES string of the molecule is Cc1ccc(S(=O)(=O)N(CC(=O)N(Cc2ccccc2C)C(Cc2ccccc2)C(=O)NC(C)C)c2cccc(C)c2)cc1. The van der Waals surface area contributed by atoms with E-state index in [0.717, 1.165) is 32.1 Å². The van der Waals surface area contributed by atoms with Crippen LogP contribution < -0.4 is 9.62 Å². The van der Waals surface area contributed by atoms with Gasteiger partial charge in [0.15, 0.2) is 0 Å². The van der Waals surface area contributed by atoms with E-state index in [1.165, 1.54) is 4.90 Å². The van der Waals surface area contributed by atoms with Gasteiger partial charge in [-0.15, -0.1) is 0 Å². The average molecular weight is 612 g/mol. The highest BCUT2D eigenvalue weighted by Crippen LogP contribution is 2.26. The Morgan fingerprint density at radius 3 is 2.07 bits per heavy atom. The molecular formula is C36H41N3O4S. The first-order chi connectivity index (χ1) is 21.0. The van der Waals surface area contributed by atoms with Crippen molar-refractivity contribution in [2.24, 2.45) is 0 Å². The molecule has 0 aliphatic carbocycles. The number of hydrogen-bond acceptors (Lipinski definition) is 4. The largest absolute Gasteiger partial charge is 0.352 e. The molecule has 8 heteroatoms. The maximum atomic E-state index is 14.5. The fraction of sp³-hybridized carbons (Fsp3) is 0.278. The highest BCUT2D eigenvalue weighted by atomic mass is 32.2. The number of nitrogens with one attached hydrogen (secondary N) is 1. The molecule has 0 fully saturated rings. The minimum atomic E-state index is -4.14. The summed E-state index contributed by atoms with van der Waals surface area (Å²) < 4.78 is 29.4. The maximum absolute atomic E-state index is 14.5. The lowest BCUT2D eigenvalue weighted by molar-refractivity contribution is -0.140. The number of carbonyl (C=O) groups excluding carboxylic acids is 2. The summed E-state index contributed by atoms with van der Waals surface area (Å²) in [6.07, 6.45) is 0.270. The van der Waals surface area contributed by atoms with Crippen molar-refractivity contribution < 1.29 is 18.0 Å². The zero-order chi connectivity index (χ0) is 31.9. The molecule has 1 N–H and O–H groups in total. The monoisotopic (exact) mass is 611 g/mol. The van der Waals surface area contributed by atoms with Crippen LogP contribution in [-0.4, -0.2) is 43.8 Å². The van der Waals surface area contributed by atoms with Crippen LogP contribution in [-0.2, 0) is 32.6 Å². The molecule has 4 rings (SSSR count). The van der Waals surface area contributed by atoms with Gasteiger partial charge in [0.2, 0.25) is 11.8 Å². The molecule has 1 unspecified atom stereocenters. The number of sulfonamides is 1. The first kappa shape index (κ1) is 32.5. The number of hydrogen-bond donors (Lipinski definition) is 1. The first-order valence-electron chi connectivity index (χ1n) is 14.8. The summed E-state index contributed by atoms with van der Waals surface area (Å²) in [4.78, 5) is 29.9. The summed E-state index contributed by atoms with van der Waals surface area (Å²) in [6, 6.07) is 29.9. The van der Waals surface area contributed by atoms with Gasteiger partial charge in [-0.1, -0.05) is 84.4 Å². The van der Waals surface area contributed by atoms with E-state index in [4.69, 9.17) is 0 Å². The van der Waals surface area contributed by atoms with Crippen molar-refractivity contribution >= 4 is 27.5 Å². The first-order valence-corrected chi connectivity index (χ1v) is 16.2. The second-order valence-electron chi connectivity index (χ2n) is 11.5. The summed E-state index contributed by atoms with van der Waals surface area (Å²) >= 11 is 0. The summed E-state index contributed by atoms with van der Waals surface area (Å²) in [6.45, 7) is 9.12. The second kappa shape index (κ2) is 14.4. The lowest BCUT2D eigenvalue weighted by Gasteiger charge is -2.34. The van der Waals surface area contributed by atoms with E-state index in [1.807, 2.05) is 95.3 Å². The second-order valence-corrected chi connectivity index (χ2v) is 13.3. The van der Waals surface area contributed by atoms with Gasteiger partial charge in [-0.2, -0.15) is 0 Å². The molecule has 0 saturated carbocycles. The van der Waals surface area contributed by atoms with Gasteiger partial charge in [-0.05, 0) is 81.1 Å². The van der Waals surface area contributed by atoms with Gasteiger partial charge >= 0.3 is 0 Å². The quantitative estimate of drug-likeness (QED) is 0.214. The normalized spacial score (nSPS) is 12.0. The van der Waals surface area contributed by atoms with Gasteiger partial charge in [0.25, 0.3) is 10.0 Å². The predicted molar refractivity (Wildman–Crippen MR) is 176 cm³/mol. The molecule has 0 saturated heterocycles. The number of rotatable bonds is 12. The van der Waals surface area contributed by atoms with Crippen molar-refractivity contribution in [3.05, 3.63) is 131 Å². The minimum absolute atomic E-state index is 0.0845. The number of nitrogens with zero attached hydrogens (tertiary/aromatic N) is 2. The Kier molecular flexibility index (Phi) is 10.6. The van der Waals surface area contributed by atoms with Crippen molar-refractivity contribution in [3.8, 4) is 0 Å². The minimum Gasteiger partial charge on any atom is -0.352 e. The number of anilines is 1. The maximum Gasteiger partial charge on any atom is 0.264 e. The fourth-order valence-corrected chi connectivity index (χ4v) is 6.46. The van der Waals surface area contributed by atoms with E-state index in [9.17, 15) is 18.0 Å². The van der Waals surface area contributed by atoms with E-state index in [1.54, 1.807) is 42.5 Å². The van der Waals surface area contributed by atoms with Crippen LogP contribution in [0, 0.1) is 20.8 Å². The molecular weight excluding hydrogens is 570 g/mol. The molecule has 0 bridgehead atoms. The van der Waals surface area contributed by atoms with E-state index in [2.05, 4.69) is 5.32 Å². The lowest BCUT2D eigenvalue weighted by Crippen LogP contribution is -2.54. The Morgan fingerprint density at radius 2 is 1.43 bits per heavy atom. The molecule has 0 heterocycles. The zero-order valence-corrected chi connectivity index (χ0v) is 26.8. The molecule has 44 heavy (non-hydrogen) atoms. The molecule has 2 amide bonds. The molecule has 0 radical (unpaired) electrons. The summed E-state index contributed by atoms with van der Waals surface area (Å²) in [5.74, 6) is -0.778. The van der Waals surface area contributed by atoms with Crippen molar-refractivity contribution in [3.63, 3.8) is 0 Å². The molecule has 0 aromatic heterocycles. The number of amides is 2. The van der Waals surface area contributed by atoms with Crippen LogP contribution in [0.3, 0.4) is 0 Å². The Morgan fingerprint density at radius 1 is 0.773 bits per heavy atom. The van der Waals surface area contributed by atoms with Gasteiger partial charge in [-0.25, -0.2) is 8.42 Å². The van der Waals surface area contributed by atoms with Crippen molar-refractivity contribution in [1.82, 2.24) is 10.2 Å². The zero-order valence-electron chi connectivity index (χ0n) is 26.0. The Labute approximate surface area is 261 Å². The Balaban J connectivity index is 1.82. The van der Waals surface area contributed by atoms with Crippen LogP contribution in [0.4, 0.5) is 5.69 Å². The number of aryl methyl sites for hydroxylation is 3. The standard InChI is InChI=1S/C36H41N3O4S/c1-26(2)37-36(41)34(23-30-14-7-6-8-15-30)38(24-31-16-10-9-13-29(31)5)35(40)25-39(32-17-11-12-28(4)22-32)44(42,43)33-20-18-27(3)19-21-33/h6-22,26,34H,23-25H2,1-5H3,(H,37,41). The van der Waals surface area contributed by atoms with E-state index >= 15 is 0 Å². The number of carbonyl (C=O) groups is 2. The van der Waals surface area contributed by atoms with Crippen LogP contribution in [0.2, 0.25) is 0 Å². The smallest absolute Gasteiger partial charge is 0.264 e. The molecule has 230 valence electrons.